The number of terminal acetylenes is 1. The molecular formula is C4H7BrO4S. The van der Waals surface area contributed by atoms with Crippen LogP contribution in [0.4, 0.5) is 0 Å². The topological polar surface area (TPSA) is 63.6 Å². The van der Waals surface area contributed by atoms with Gasteiger partial charge in [0.15, 0.2) is 0 Å². The van der Waals surface area contributed by atoms with E-state index in [4.69, 9.17) is 11.0 Å². The molecule has 0 unspecified atom stereocenters. The fourth-order valence-electron chi connectivity index (χ4n) is 0. The van der Waals surface area contributed by atoms with E-state index in [2.05, 4.69) is 26.0 Å². The quantitative estimate of drug-likeness (QED) is 0.404. The molecule has 6 heteroatoms. The Morgan fingerprint density at radius 2 is 2.00 bits per heavy atom. The van der Waals surface area contributed by atoms with Crippen molar-refractivity contribution < 1.29 is 17.2 Å². The van der Waals surface area contributed by atoms with Gasteiger partial charge in [0.25, 0.3) is 0 Å². The highest BCUT2D eigenvalue weighted by Crippen LogP contribution is 1.74. The lowest BCUT2D eigenvalue weighted by atomic mass is 10.9. The maximum atomic E-state index is 9.33. The molecule has 0 radical (unpaired) electrons. The average Bonchev–Trinajstić information content (AvgIpc) is 1.87. The van der Waals surface area contributed by atoms with Gasteiger partial charge in [0.05, 0.1) is 12.4 Å². The van der Waals surface area contributed by atoms with Gasteiger partial charge in [0.1, 0.15) is 0 Å². The van der Waals surface area contributed by atoms with E-state index in [1.54, 1.807) is 0 Å². The zero-order valence-corrected chi connectivity index (χ0v) is 7.65. The maximum absolute atomic E-state index is 9.33. The largest absolute Gasteiger partial charge is 0.397 e. The van der Waals surface area contributed by atoms with Gasteiger partial charge >= 0.3 is 10.4 Å². The minimum atomic E-state index is -4.16. The number of alkyl halides is 1. The molecular weight excluding hydrogens is 224 g/mol. The Morgan fingerprint density at radius 3 is 2.00 bits per heavy atom. The van der Waals surface area contributed by atoms with Crippen LogP contribution >= 0.6 is 15.9 Å². The Kier molecular flexibility index (Phi) is 8.83. The van der Waals surface area contributed by atoms with Gasteiger partial charge < -0.3 is 0 Å². The summed E-state index contributed by atoms with van der Waals surface area (Å²) in [5.74, 6) is 2.35. The maximum Gasteiger partial charge on any atom is 0.397 e. The van der Waals surface area contributed by atoms with Crippen molar-refractivity contribution in [3.8, 4) is 12.3 Å². The molecule has 0 aliphatic carbocycles. The summed E-state index contributed by atoms with van der Waals surface area (Å²) in [6.45, 7) is 0. The zero-order chi connectivity index (χ0) is 8.62. The SMILES string of the molecule is C#CCBr.COS(=O)(=O)O. The fourth-order valence-corrected chi connectivity index (χ4v) is 0. The summed E-state index contributed by atoms with van der Waals surface area (Å²) < 4.78 is 29.7. The number of hydrogen-bond acceptors (Lipinski definition) is 3. The van der Waals surface area contributed by atoms with Crippen molar-refractivity contribution in [2.75, 3.05) is 12.4 Å². The van der Waals surface area contributed by atoms with Gasteiger partial charge in [0, 0.05) is 0 Å². The summed E-state index contributed by atoms with van der Waals surface area (Å²) in [6, 6.07) is 0. The van der Waals surface area contributed by atoms with Crippen LogP contribution in [-0.4, -0.2) is 25.4 Å². The Morgan fingerprint density at radius 1 is 1.80 bits per heavy atom. The summed E-state index contributed by atoms with van der Waals surface area (Å²) in [4.78, 5) is 0. The first kappa shape index (κ1) is 12.6. The van der Waals surface area contributed by atoms with E-state index in [0.717, 1.165) is 7.11 Å². The summed E-state index contributed by atoms with van der Waals surface area (Å²) >= 11 is 3.01. The highest BCUT2D eigenvalue weighted by atomic mass is 79.9. The number of rotatable bonds is 1. The number of halogens is 1. The summed E-state index contributed by atoms with van der Waals surface area (Å²) in [5, 5.41) is 0.660. The molecule has 0 amide bonds. The fraction of sp³-hybridized carbons (Fsp3) is 0.500. The molecule has 0 spiro atoms. The van der Waals surface area contributed by atoms with Gasteiger partial charge in [0.2, 0.25) is 0 Å². The van der Waals surface area contributed by atoms with Crippen LogP contribution in [0.2, 0.25) is 0 Å². The lowest BCUT2D eigenvalue weighted by molar-refractivity contribution is 0.324. The van der Waals surface area contributed by atoms with Gasteiger partial charge in [-0.3, -0.25) is 8.74 Å². The Balaban J connectivity index is 0. The van der Waals surface area contributed by atoms with Crippen LogP contribution in [0, 0.1) is 12.3 Å². The minimum absolute atomic E-state index is 0.660. The molecule has 0 saturated carbocycles. The van der Waals surface area contributed by atoms with E-state index in [9.17, 15) is 8.42 Å². The third-order valence-corrected chi connectivity index (χ3v) is 1.03. The molecule has 10 heavy (non-hydrogen) atoms. The monoisotopic (exact) mass is 230 g/mol. The standard InChI is InChI=1S/C3H3Br.CH4O4S/c1-2-3-4;1-5-6(2,3)4/h1H,3H2;1H3,(H,2,3,4). The zero-order valence-electron chi connectivity index (χ0n) is 5.24. The molecule has 0 heterocycles. The molecule has 0 aliphatic heterocycles. The third kappa shape index (κ3) is 24.7. The van der Waals surface area contributed by atoms with Gasteiger partial charge in [-0.15, -0.1) is 6.42 Å². The molecule has 0 rings (SSSR count). The first-order valence-electron chi connectivity index (χ1n) is 2.00. The Bertz CT molecular complexity index is 190. The molecule has 0 atom stereocenters. The molecule has 0 aromatic rings. The van der Waals surface area contributed by atoms with Gasteiger partial charge in [-0.05, 0) is 0 Å². The third-order valence-electron chi connectivity index (χ3n) is 0.288. The lowest BCUT2D eigenvalue weighted by Gasteiger charge is -1.82. The molecule has 0 aromatic carbocycles. The second-order valence-electron chi connectivity index (χ2n) is 0.932. The normalized spacial score (nSPS) is 9.00. The van der Waals surface area contributed by atoms with Crippen LogP contribution in [0.15, 0.2) is 0 Å². The predicted octanol–water partition coefficient (Wildman–Crippen LogP) is 0.450. The summed E-state index contributed by atoms with van der Waals surface area (Å²) in [6.07, 6.45) is 4.73. The summed E-state index contributed by atoms with van der Waals surface area (Å²) in [5.41, 5.74) is 0. The van der Waals surface area contributed by atoms with Crippen molar-refractivity contribution in [2.24, 2.45) is 0 Å². The molecule has 1 N–H and O–H groups in total. The van der Waals surface area contributed by atoms with E-state index in [1.807, 2.05) is 0 Å². The van der Waals surface area contributed by atoms with Crippen LogP contribution in [0.1, 0.15) is 0 Å². The molecule has 0 aliphatic rings. The van der Waals surface area contributed by atoms with E-state index in [0.29, 0.717) is 5.33 Å². The Hall–Kier alpha value is -0.0900. The lowest BCUT2D eigenvalue weighted by Crippen LogP contribution is -1.96. The van der Waals surface area contributed by atoms with Crippen LogP contribution in [0.3, 0.4) is 0 Å². The molecule has 4 nitrogen and oxygen atoms in total. The average molecular weight is 231 g/mol. The highest BCUT2D eigenvalue weighted by molar-refractivity contribution is 9.09. The molecule has 0 fully saturated rings. The molecule has 0 aromatic heterocycles. The Labute approximate surface area is 68.7 Å². The minimum Gasteiger partial charge on any atom is -0.264 e. The first-order valence-corrected chi connectivity index (χ1v) is 4.49. The van der Waals surface area contributed by atoms with Crippen molar-refractivity contribution in [3.05, 3.63) is 0 Å². The van der Waals surface area contributed by atoms with Gasteiger partial charge in [-0.1, -0.05) is 21.9 Å². The number of hydrogen-bond donors (Lipinski definition) is 1. The molecule has 60 valence electrons. The van der Waals surface area contributed by atoms with Crippen molar-refractivity contribution in [3.63, 3.8) is 0 Å². The van der Waals surface area contributed by atoms with Gasteiger partial charge in [-0.25, -0.2) is 0 Å². The van der Waals surface area contributed by atoms with Gasteiger partial charge in [-0.2, -0.15) is 8.42 Å². The van der Waals surface area contributed by atoms with Crippen molar-refractivity contribution in [1.29, 1.82) is 0 Å². The summed E-state index contributed by atoms with van der Waals surface area (Å²) in [7, 11) is -3.29. The molecule has 0 saturated heterocycles. The van der Waals surface area contributed by atoms with Crippen LogP contribution in [0.5, 0.6) is 0 Å². The van der Waals surface area contributed by atoms with E-state index >= 15 is 0 Å². The van der Waals surface area contributed by atoms with Crippen molar-refractivity contribution >= 4 is 26.3 Å². The van der Waals surface area contributed by atoms with Crippen molar-refractivity contribution in [2.45, 2.75) is 0 Å². The van der Waals surface area contributed by atoms with E-state index < -0.39 is 10.4 Å². The second-order valence-corrected chi connectivity index (χ2v) is 2.68. The van der Waals surface area contributed by atoms with Crippen LogP contribution < -0.4 is 0 Å². The van der Waals surface area contributed by atoms with Crippen LogP contribution in [-0.2, 0) is 14.6 Å². The second kappa shape index (κ2) is 7.02. The van der Waals surface area contributed by atoms with E-state index in [-0.39, 0.29) is 0 Å². The highest BCUT2D eigenvalue weighted by Gasteiger charge is 1.93. The molecule has 0 bridgehead atoms. The van der Waals surface area contributed by atoms with Crippen molar-refractivity contribution in [1.82, 2.24) is 0 Å². The van der Waals surface area contributed by atoms with E-state index in [1.165, 1.54) is 0 Å². The smallest absolute Gasteiger partial charge is 0.264 e. The first-order chi connectivity index (χ1) is 4.47. The predicted molar refractivity (Wildman–Crippen MR) is 41.2 cm³/mol. The van der Waals surface area contributed by atoms with Crippen LogP contribution in [0.25, 0.3) is 0 Å².